The fourth-order valence-corrected chi connectivity index (χ4v) is 3.91. The zero-order valence-electron chi connectivity index (χ0n) is 17.7. The number of carbonyl (C=O) groups is 3. The SMILES string of the molecule is COC(=O)c1cc(C(=O)N2CCC(C(=O)c3ccc(C)cc3C)CC2)cc([N+](=O)[O-])c1. The molecule has 1 amide bonds. The van der Waals surface area contributed by atoms with Gasteiger partial charge in [-0.1, -0.05) is 23.8 Å². The first kappa shape index (κ1) is 22.1. The third-order valence-corrected chi connectivity index (χ3v) is 5.60. The molecular weight excluding hydrogens is 400 g/mol. The van der Waals surface area contributed by atoms with Gasteiger partial charge in [-0.2, -0.15) is 0 Å². The van der Waals surface area contributed by atoms with Crippen molar-refractivity contribution in [3.63, 3.8) is 0 Å². The first-order valence-corrected chi connectivity index (χ1v) is 9.99. The molecule has 1 aliphatic rings. The average Bonchev–Trinajstić information content (AvgIpc) is 2.77. The maximum absolute atomic E-state index is 12.9. The molecular formula is C23H24N2O6. The number of esters is 1. The first-order valence-electron chi connectivity index (χ1n) is 9.99. The molecule has 1 fully saturated rings. The summed E-state index contributed by atoms with van der Waals surface area (Å²) in [4.78, 5) is 49.8. The highest BCUT2D eigenvalue weighted by Gasteiger charge is 2.30. The lowest BCUT2D eigenvalue weighted by Crippen LogP contribution is -2.40. The van der Waals surface area contributed by atoms with E-state index in [4.69, 9.17) is 0 Å². The van der Waals surface area contributed by atoms with Gasteiger partial charge in [-0.3, -0.25) is 19.7 Å². The van der Waals surface area contributed by atoms with Crippen LogP contribution in [0.15, 0.2) is 36.4 Å². The number of nitrogens with zero attached hydrogens (tertiary/aromatic N) is 2. The van der Waals surface area contributed by atoms with E-state index in [0.29, 0.717) is 31.5 Å². The molecule has 2 aromatic carbocycles. The number of hydrogen-bond acceptors (Lipinski definition) is 6. The largest absolute Gasteiger partial charge is 0.465 e. The van der Waals surface area contributed by atoms with Gasteiger partial charge >= 0.3 is 5.97 Å². The number of carbonyl (C=O) groups excluding carboxylic acids is 3. The van der Waals surface area contributed by atoms with E-state index in [1.54, 1.807) is 4.90 Å². The number of non-ortho nitro benzene ring substituents is 1. The first-order chi connectivity index (χ1) is 14.7. The van der Waals surface area contributed by atoms with Gasteiger partial charge in [0.15, 0.2) is 5.78 Å². The molecule has 0 aromatic heterocycles. The van der Waals surface area contributed by atoms with Crippen LogP contribution in [-0.2, 0) is 4.74 Å². The topological polar surface area (TPSA) is 107 Å². The van der Waals surface area contributed by atoms with Crippen molar-refractivity contribution in [3.8, 4) is 0 Å². The lowest BCUT2D eigenvalue weighted by molar-refractivity contribution is -0.384. The number of nitro groups is 1. The summed E-state index contributed by atoms with van der Waals surface area (Å²) in [7, 11) is 1.17. The summed E-state index contributed by atoms with van der Waals surface area (Å²) in [5, 5.41) is 11.2. The molecule has 2 aromatic rings. The number of aryl methyl sites for hydroxylation is 2. The molecule has 8 heteroatoms. The van der Waals surface area contributed by atoms with Gasteiger partial charge in [0.25, 0.3) is 11.6 Å². The Labute approximate surface area is 180 Å². The van der Waals surface area contributed by atoms with Crippen LogP contribution >= 0.6 is 0 Å². The molecule has 3 rings (SSSR count). The van der Waals surface area contributed by atoms with Gasteiger partial charge in [0.1, 0.15) is 0 Å². The Morgan fingerprint density at radius 2 is 1.68 bits per heavy atom. The monoisotopic (exact) mass is 424 g/mol. The van der Waals surface area contributed by atoms with Crippen molar-refractivity contribution >= 4 is 23.3 Å². The minimum Gasteiger partial charge on any atom is -0.465 e. The second-order valence-electron chi connectivity index (χ2n) is 7.77. The van der Waals surface area contributed by atoms with Gasteiger partial charge in [-0.05, 0) is 38.3 Å². The number of ketones is 1. The molecule has 0 unspecified atom stereocenters. The molecule has 162 valence electrons. The van der Waals surface area contributed by atoms with Crippen molar-refractivity contribution < 1.29 is 24.0 Å². The highest BCUT2D eigenvalue weighted by Crippen LogP contribution is 2.26. The minimum atomic E-state index is -0.754. The number of benzene rings is 2. The van der Waals surface area contributed by atoms with Gasteiger partial charge in [-0.25, -0.2) is 4.79 Å². The van der Waals surface area contributed by atoms with Crippen LogP contribution in [0, 0.1) is 29.9 Å². The van der Waals surface area contributed by atoms with Gasteiger partial charge in [-0.15, -0.1) is 0 Å². The molecule has 0 N–H and O–H groups in total. The molecule has 1 saturated heterocycles. The predicted molar refractivity (Wildman–Crippen MR) is 113 cm³/mol. The number of ether oxygens (including phenoxy) is 1. The summed E-state index contributed by atoms with van der Waals surface area (Å²) in [6.45, 7) is 4.61. The van der Waals surface area contributed by atoms with Crippen molar-refractivity contribution in [2.75, 3.05) is 20.2 Å². The van der Waals surface area contributed by atoms with Gasteiger partial charge < -0.3 is 9.64 Å². The summed E-state index contributed by atoms with van der Waals surface area (Å²) in [6.07, 6.45) is 1.02. The number of amides is 1. The van der Waals surface area contributed by atoms with E-state index in [0.717, 1.165) is 23.3 Å². The maximum atomic E-state index is 12.9. The lowest BCUT2D eigenvalue weighted by atomic mass is 9.86. The molecule has 0 atom stereocenters. The molecule has 31 heavy (non-hydrogen) atoms. The smallest absolute Gasteiger partial charge is 0.338 e. The Kier molecular flexibility index (Phi) is 6.48. The number of likely N-dealkylation sites (tertiary alicyclic amines) is 1. The van der Waals surface area contributed by atoms with Crippen LogP contribution in [0.25, 0.3) is 0 Å². The van der Waals surface area contributed by atoms with E-state index in [-0.39, 0.29) is 28.5 Å². The fraction of sp³-hybridized carbons (Fsp3) is 0.348. The number of rotatable bonds is 5. The molecule has 0 aliphatic carbocycles. The van der Waals surface area contributed by atoms with E-state index in [2.05, 4.69) is 4.74 Å². The molecule has 1 heterocycles. The zero-order valence-corrected chi connectivity index (χ0v) is 17.7. The Morgan fingerprint density at radius 3 is 2.26 bits per heavy atom. The quantitative estimate of drug-likeness (QED) is 0.313. The Bertz CT molecular complexity index is 1050. The third kappa shape index (κ3) is 4.79. The second kappa shape index (κ2) is 9.07. The van der Waals surface area contributed by atoms with Crippen LogP contribution < -0.4 is 0 Å². The minimum absolute atomic E-state index is 0.0498. The zero-order chi connectivity index (χ0) is 22.7. The van der Waals surface area contributed by atoms with Crippen LogP contribution in [0.2, 0.25) is 0 Å². The van der Waals surface area contributed by atoms with Gasteiger partial charge in [0.2, 0.25) is 0 Å². The number of piperidine rings is 1. The summed E-state index contributed by atoms with van der Waals surface area (Å²) in [6, 6.07) is 9.28. The molecule has 0 bridgehead atoms. The lowest BCUT2D eigenvalue weighted by Gasteiger charge is -2.31. The number of hydrogen-bond donors (Lipinski definition) is 0. The predicted octanol–water partition coefficient (Wildman–Crippen LogP) is 3.73. The average molecular weight is 424 g/mol. The fourth-order valence-electron chi connectivity index (χ4n) is 3.91. The van der Waals surface area contributed by atoms with E-state index in [1.165, 1.54) is 13.2 Å². The second-order valence-corrected chi connectivity index (χ2v) is 7.77. The number of methoxy groups -OCH3 is 1. The summed E-state index contributed by atoms with van der Waals surface area (Å²) in [5.41, 5.74) is 2.38. The standard InChI is InChI=1S/C23H24N2O6/c1-14-4-5-20(15(2)10-14)21(26)16-6-8-24(9-7-16)22(27)17-11-18(23(28)31-3)13-19(12-17)25(29)30/h4-5,10-13,16H,6-9H2,1-3H3. The maximum Gasteiger partial charge on any atom is 0.338 e. The summed E-state index contributed by atoms with van der Waals surface area (Å²) < 4.78 is 4.63. The number of nitro benzene ring substituents is 1. The van der Waals surface area contributed by atoms with Crippen LogP contribution in [0.5, 0.6) is 0 Å². The van der Waals surface area contributed by atoms with Crippen molar-refractivity contribution in [2.24, 2.45) is 5.92 Å². The van der Waals surface area contributed by atoms with Crippen molar-refractivity contribution in [3.05, 3.63) is 74.3 Å². The van der Waals surface area contributed by atoms with E-state index in [1.807, 2.05) is 32.0 Å². The Morgan fingerprint density at radius 1 is 1.03 bits per heavy atom. The highest BCUT2D eigenvalue weighted by atomic mass is 16.6. The van der Waals surface area contributed by atoms with E-state index < -0.39 is 16.8 Å². The normalized spacial score (nSPS) is 14.2. The Balaban J connectivity index is 1.74. The van der Waals surface area contributed by atoms with Crippen molar-refractivity contribution in [2.45, 2.75) is 26.7 Å². The third-order valence-electron chi connectivity index (χ3n) is 5.60. The van der Waals surface area contributed by atoms with Gasteiger partial charge in [0.05, 0.1) is 17.6 Å². The van der Waals surface area contributed by atoms with Gasteiger partial charge in [0, 0.05) is 42.3 Å². The summed E-state index contributed by atoms with van der Waals surface area (Å²) in [5.74, 6) is -1.27. The molecule has 1 aliphatic heterocycles. The van der Waals surface area contributed by atoms with Crippen LogP contribution in [-0.4, -0.2) is 47.7 Å². The van der Waals surface area contributed by atoms with Crippen LogP contribution in [0.4, 0.5) is 5.69 Å². The Hall–Kier alpha value is -3.55. The van der Waals surface area contributed by atoms with E-state index >= 15 is 0 Å². The van der Waals surface area contributed by atoms with Crippen LogP contribution in [0.3, 0.4) is 0 Å². The van der Waals surface area contributed by atoms with Crippen molar-refractivity contribution in [1.29, 1.82) is 0 Å². The molecule has 0 radical (unpaired) electrons. The molecule has 0 saturated carbocycles. The van der Waals surface area contributed by atoms with E-state index in [9.17, 15) is 24.5 Å². The number of Topliss-reactive ketones (excluding diaryl/α,β-unsaturated/α-hetero) is 1. The highest BCUT2D eigenvalue weighted by molar-refractivity contribution is 6.00. The van der Waals surface area contributed by atoms with Crippen LogP contribution in [0.1, 0.15) is 55.0 Å². The molecule has 8 nitrogen and oxygen atoms in total. The molecule has 0 spiro atoms. The van der Waals surface area contributed by atoms with Crippen molar-refractivity contribution in [1.82, 2.24) is 4.90 Å². The summed E-state index contributed by atoms with van der Waals surface area (Å²) >= 11 is 0.